The fraction of sp³-hybridized carbons (Fsp3) is 0.200. The highest BCUT2D eigenvalue weighted by molar-refractivity contribution is 9.10. The predicted molar refractivity (Wildman–Crippen MR) is 104 cm³/mol. The van der Waals surface area contributed by atoms with Crippen molar-refractivity contribution in [3.8, 4) is 11.5 Å². The molecule has 0 unspecified atom stereocenters. The van der Waals surface area contributed by atoms with Crippen LogP contribution >= 0.6 is 15.9 Å². The Morgan fingerprint density at radius 3 is 2.65 bits per heavy atom. The van der Waals surface area contributed by atoms with Gasteiger partial charge in [0.15, 0.2) is 17.2 Å². The fourth-order valence-corrected chi connectivity index (χ4v) is 2.70. The maximum atomic E-state index is 12.2. The largest absolute Gasteiger partial charge is 0.493 e. The topological polar surface area (TPSA) is 57.1 Å². The molecule has 0 N–H and O–H groups in total. The number of esters is 1. The van der Waals surface area contributed by atoms with E-state index in [0.717, 1.165) is 16.5 Å². The van der Waals surface area contributed by atoms with E-state index < -0.39 is 5.97 Å². The maximum Gasteiger partial charge on any atom is 0.363 e. The minimum Gasteiger partial charge on any atom is -0.493 e. The van der Waals surface area contributed by atoms with Gasteiger partial charge in [-0.3, -0.25) is 0 Å². The van der Waals surface area contributed by atoms with Crippen molar-refractivity contribution in [1.29, 1.82) is 0 Å². The molecule has 3 rings (SSSR count). The maximum absolute atomic E-state index is 12.2. The number of methoxy groups -OCH3 is 1. The number of hydrogen-bond donors (Lipinski definition) is 0. The Kier molecular flexibility index (Phi) is 5.73. The summed E-state index contributed by atoms with van der Waals surface area (Å²) in [6, 6.07) is 12.9. The highest BCUT2D eigenvalue weighted by atomic mass is 79.9. The van der Waals surface area contributed by atoms with Gasteiger partial charge in [-0.2, -0.15) is 0 Å². The number of ether oxygens (including phenoxy) is 3. The van der Waals surface area contributed by atoms with Crippen LogP contribution in [-0.4, -0.2) is 25.6 Å². The Labute approximate surface area is 160 Å². The molecule has 0 amide bonds. The quantitative estimate of drug-likeness (QED) is 0.511. The second-order valence-electron chi connectivity index (χ2n) is 5.57. The SMILES string of the molecule is CCCOc1c(/C=C2\N=C(c3ccc(Br)cc3)OC2=O)cccc1OC. The van der Waals surface area contributed by atoms with Crippen LogP contribution in [0.2, 0.25) is 0 Å². The van der Waals surface area contributed by atoms with Crippen molar-refractivity contribution in [1.82, 2.24) is 0 Å². The van der Waals surface area contributed by atoms with E-state index in [1.807, 2.05) is 49.4 Å². The molecule has 0 aliphatic carbocycles. The summed E-state index contributed by atoms with van der Waals surface area (Å²) in [5.41, 5.74) is 1.67. The average molecular weight is 416 g/mol. The Bertz CT molecular complexity index is 872. The third-order valence-corrected chi connectivity index (χ3v) is 4.21. The molecule has 1 aliphatic heterocycles. The van der Waals surface area contributed by atoms with Crippen LogP contribution in [0.4, 0.5) is 0 Å². The number of aliphatic imine (C=N–C) groups is 1. The van der Waals surface area contributed by atoms with Gasteiger partial charge in [0.05, 0.1) is 13.7 Å². The number of halogens is 1. The third-order valence-electron chi connectivity index (χ3n) is 3.68. The van der Waals surface area contributed by atoms with E-state index in [1.165, 1.54) is 0 Å². The van der Waals surface area contributed by atoms with Crippen molar-refractivity contribution in [2.75, 3.05) is 13.7 Å². The first-order valence-corrected chi connectivity index (χ1v) is 9.00. The predicted octanol–water partition coefficient (Wildman–Crippen LogP) is 4.59. The zero-order valence-corrected chi connectivity index (χ0v) is 16.1. The van der Waals surface area contributed by atoms with E-state index in [2.05, 4.69) is 20.9 Å². The summed E-state index contributed by atoms with van der Waals surface area (Å²) in [6.07, 6.45) is 2.52. The smallest absolute Gasteiger partial charge is 0.363 e. The van der Waals surface area contributed by atoms with Crippen LogP contribution in [0.3, 0.4) is 0 Å². The van der Waals surface area contributed by atoms with E-state index in [9.17, 15) is 4.79 Å². The molecule has 0 saturated carbocycles. The molecule has 6 heteroatoms. The van der Waals surface area contributed by atoms with Gasteiger partial charge in [0, 0.05) is 15.6 Å². The molecule has 2 aromatic carbocycles. The van der Waals surface area contributed by atoms with Crippen molar-refractivity contribution < 1.29 is 19.0 Å². The van der Waals surface area contributed by atoms with E-state index in [0.29, 0.717) is 23.7 Å². The first kappa shape index (κ1) is 18.2. The second kappa shape index (κ2) is 8.19. The minimum atomic E-state index is -0.493. The van der Waals surface area contributed by atoms with Gasteiger partial charge in [-0.25, -0.2) is 9.79 Å². The van der Waals surface area contributed by atoms with E-state index in [1.54, 1.807) is 13.2 Å². The lowest BCUT2D eigenvalue weighted by atomic mass is 10.1. The molecule has 26 heavy (non-hydrogen) atoms. The molecule has 0 bridgehead atoms. The normalized spacial score (nSPS) is 15.0. The summed E-state index contributed by atoms with van der Waals surface area (Å²) in [5.74, 6) is 0.987. The summed E-state index contributed by atoms with van der Waals surface area (Å²) < 4.78 is 17.4. The molecule has 0 spiro atoms. The van der Waals surface area contributed by atoms with E-state index in [-0.39, 0.29) is 11.6 Å². The Balaban J connectivity index is 1.96. The fourth-order valence-electron chi connectivity index (χ4n) is 2.44. The summed E-state index contributed by atoms with van der Waals surface area (Å²) in [5, 5.41) is 0. The lowest BCUT2D eigenvalue weighted by molar-refractivity contribution is -0.129. The Morgan fingerprint density at radius 2 is 1.96 bits per heavy atom. The number of nitrogens with zero attached hydrogens (tertiary/aromatic N) is 1. The molecular formula is C20H18BrNO4. The Hall–Kier alpha value is -2.60. The molecular weight excluding hydrogens is 398 g/mol. The zero-order valence-electron chi connectivity index (χ0n) is 14.5. The third kappa shape index (κ3) is 3.96. The van der Waals surface area contributed by atoms with Crippen molar-refractivity contribution in [3.63, 3.8) is 0 Å². The van der Waals surface area contributed by atoms with Crippen molar-refractivity contribution in [2.45, 2.75) is 13.3 Å². The number of para-hydroxylation sites is 1. The Morgan fingerprint density at radius 1 is 1.19 bits per heavy atom. The number of rotatable bonds is 6. The van der Waals surface area contributed by atoms with Crippen LogP contribution in [0.5, 0.6) is 11.5 Å². The second-order valence-corrected chi connectivity index (χ2v) is 6.49. The minimum absolute atomic E-state index is 0.220. The van der Waals surface area contributed by atoms with Crippen LogP contribution in [0.25, 0.3) is 6.08 Å². The van der Waals surface area contributed by atoms with Gasteiger partial charge in [-0.05, 0) is 42.8 Å². The summed E-state index contributed by atoms with van der Waals surface area (Å²) >= 11 is 3.38. The van der Waals surface area contributed by atoms with E-state index >= 15 is 0 Å². The van der Waals surface area contributed by atoms with Gasteiger partial charge >= 0.3 is 5.97 Å². The molecule has 1 heterocycles. The highest BCUT2D eigenvalue weighted by Crippen LogP contribution is 2.33. The standard InChI is InChI=1S/C20H18BrNO4/c1-3-11-25-18-14(5-4-6-17(18)24-2)12-16-20(23)26-19(22-16)13-7-9-15(21)10-8-13/h4-10,12H,3,11H2,1-2H3/b16-12-. The average Bonchev–Trinajstić information content (AvgIpc) is 3.01. The number of carbonyl (C=O) groups is 1. The molecule has 0 saturated heterocycles. The summed E-state index contributed by atoms with van der Waals surface area (Å²) in [4.78, 5) is 16.6. The number of benzene rings is 2. The van der Waals surface area contributed by atoms with Crippen LogP contribution in [0.15, 0.2) is 57.6 Å². The lowest BCUT2D eigenvalue weighted by Crippen LogP contribution is -2.05. The van der Waals surface area contributed by atoms with Gasteiger partial charge in [0.2, 0.25) is 5.90 Å². The summed E-state index contributed by atoms with van der Waals surface area (Å²) in [7, 11) is 1.58. The molecule has 5 nitrogen and oxygen atoms in total. The van der Waals surface area contributed by atoms with Crippen molar-refractivity contribution in [2.24, 2.45) is 4.99 Å². The lowest BCUT2D eigenvalue weighted by Gasteiger charge is -2.12. The van der Waals surface area contributed by atoms with Gasteiger partial charge in [-0.1, -0.05) is 35.0 Å². The van der Waals surface area contributed by atoms with Crippen molar-refractivity contribution in [3.05, 3.63) is 63.8 Å². The van der Waals surface area contributed by atoms with Gasteiger partial charge in [-0.15, -0.1) is 0 Å². The molecule has 0 atom stereocenters. The van der Waals surface area contributed by atoms with Gasteiger partial charge in [0.25, 0.3) is 0 Å². The van der Waals surface area contributed by atoms with Gasteiger partial charge in [0.1, 0.15) is 0 Å². The van der Waals surface area contributed by atoms with Crippen LogP contribution < -0.4 is 9.47 Å². The number of cyclic esters (lactones) is 1. The molecule has 2 aromatic rings. The first-order valence-electron chi connectivity index (χ1n) is 8.20. The van der Waals surface area contributed by atoms with Gasteiger partial charge < -0.3 is 14.2 Å². The molecule has 0 radical (unpaired) electrons. The van der Waals surface area contributed by atoms with Crippen LogP contribution in [0, 0.1) is 0 Å². The first-order chi connectivity index (χ1) is 12.6. The van der Waals surface area contributed by atoms with Crippen LogP contribution in [0.1, 0.15) is 24.5 Å². The number of hydrogen-bond acceptors (Lipinski definition) is 5. The molecule has 1 aliphatic rings. The zero-order chi connectivity index (χ0) is 18.5. The highest BCUT2D eigenvalue weighted by Gasteiger charge is 2.25. The monoisotopic (exact) mass is 415 g/mol. The summed E-state index contributed by atoms with van der Waals surface area (Å²) in [6.45, 7) is 2.57. The van der Waals surface area contributed by atoms with Crippen LogP contribution in [-0.2, 0) is 9.53 Å². The molecule has 134 valence electrons. The molecule has 0 aromatic heterocycles. The van der Waals surface area contributed by atoms with Crippen molar-refractivity contribution >= 4 is 33.9 Å². The molecule has 0 fully saturated rings. The van der Waals surface area contributed by atoms with E-state index in [4.69, 9.17) is 14.2 Å². The number of carbonyl (C=O) groups excluding carboxylic acids is 1.